The SMILES string of the molecule is C=C(CCC)C(=O)OC(=O)C=CC. The Labute approximate surface area is 78.1 Å². The number of rotatable bonds is 4. The lowest BCUT2D eigenvalue weighted by molar-refractivity contribution is -0.153. The predicted molar refractivity (Wildman–Crippen MR) is 50.0 cm³/mol. The summed E-state index contributed by atoms with van der Waals surface area (Å²) in [7, 11) is 0. The van der Waals surface area contributed by atoms with Gasteiger partial charge in [-0.3, -0.25) is 0 Å². The Morgan fingerprint density at radius 1 is 1.46 bits per heavy atom. The van der Waals surface area contributed by atoms with Crippen molar-refractivity contribution in [3.63, 3.8) is 0 Å². The highest BCUT2D eigenvalue weighted by Gasteiger charge is 2.10. The van der Waals surface area contributed by atoms with Crippen LogP contribution in [0, 0.1) is 0 Å². The molecular formula is C10H14O3. The van der Waals surface area contributed by atoms with Crippen molar-refractivity contribution >= 4 is 11.9 Å². The van der Waals surface area contributed by atoms with Gasteiger partial charge in [-0.05, 0) is 13.3 Å². The van der Waals surface area contributed by atoms with Crippen LogP contribution in [0.25, 0.3) is 0 Å². The second-order valence-corrected chi connectivity index (χ2v) is 2.56. The maximum atomic E-state index is 11.0. The first-order chi connectivity index (χ1) is 6.11. The lowest BCUT2D eigenvalue weighted by Crippen LogP contribution is -2.11. The fourth-order valence-electron chi connectivity index (χ4n) is 0.737. The number of carbonyl (C=O) groups is 2. The average Bonchev–Trinajstić information content (AvgIpc) is 2.05. The topological polar surface area (TPSA) is 43.4 Å². The molecule has 0 aliphatic heterocycles. The minimum Gasteiger partial charge on any atom is -0.386 e. The van der Waals surface area contributed by atoms with Gasteiger partial charge in [-0.2, -0.15) is 0 Å². The number of hydrogen-bond donors (Lipinski definition) is 0. The first-order valence-electron chi connectivity index (χ1n) is 4.18. The molecule has 0 aromatic rings. The van der Waals surface area contributed by atoms with Crippen molar-refractivity contribution in [2.75, 3.05) is 0 Å². The molecule has 0 saturated heterocycles. The van der Waals surface area contributed by atoms with Crippen molar-refractivity contribution in [2.24, 2.45) is 0 Å². The van der Waals surface area contributed by atoms with E-state index in [9.17, 15) is 9.59 Å². The molecule has 0 rings (SSSR count). The molecule has 0 unspecified atom stereocenters. The van der Waals surface area contributed by atoms with Gasteiger partial charge in [0.2, 0.25) is 0 Å². The zero-order valence-corrected chi connectivity index (χ0v) is 8.00. The Balaban J connectivity index is 4.00. The molecular weight excluding hydrogens is 168 g/mol. The van der Waals surface area contributed by atoms with E-state index < -0.39 is 11.9 Å². The van der Waals surface area contributed by atoms with E-state index in [1.54, 1.807) is 6.92 Å². The van der Waals surface area contributed by atoms with Gasteiger partial charge in [-0.1, -0.05) is 26.0 Å². The molecule has 3 nitrogen and oxygen atoms in total. The molecule has 0 amide bonds. The summed E-state index contributed by atoms with van der Waals surface area (Å²) in [5, 5.41) is 0. The highest BCUT2D eigenvalue weighted by Crippen LogP contribution is 2.04. The molecule has 3 heteroatoms. The Morgan fingerprint density at radius 3 is 2.54 bits per heavy atom. The van der Waals surface area contributed by atoms with E-state index in [0.717, 1.165) is 6.42 Å². The number of carbonyl (C=O) groups excluding carboxylic acids is 2. The van der Waals surface area contributed by atoms with Crippen LogP contribution in [0.5, 0.6) is 0 Å². The van der Waals surface area contributed by atoms with Crippen LogP contribution in [0.1, 0.15) is 26.7 Å². The molecule has 13 heavy (non-hydrogen) atoms. The van der Waals surface area contributed by atoms with Gasteiger partial charge in [0, 0.05) is 11.6 Å². The Hall–Kier alpha value is -1.38. The third-order valence-electron chi connectivity index (χ3n) is 1.34. The van der Waals surface area contributed by atoms with E-state index in [0.29, 0.717) is 12.0 Å². The third kappa shape index (κ3) is 4.95. The highest BCUT2D eigenvalue weighted by atomic mass is 16.6. The number of hydrogen-bond acceptors (Lipinski definition) is 3. The fourth-order valence-corrected chi connectivity index (χ4v) is 0.737. The van der Waals surface area contributed by atoms with Crippen LogP contribution >= 0.6 is 0 Å². The maximum Gasteiger partial charge on any atom is 0.341 e. The van der Waals surface area contributed by atoms with E-state index in [1.165, 1.54) is 12.2 Å². The van der Waals surface area contributed by atoms with Gasteiger partial charge in [0.15, 0.2) is 0 Å². The van der Waals surface area contributed by atoms with Crippen LogP contribution in [-0.2, 0) is 14.3 Å². The predicted octanol–water partition coefficient (Wildman–Crippen LogP) is 1.99. The summed E-state index contributed by atoms with van der Waals surface area (Å²) in [6.07, 6.45) is 4.07. The summed E-state index contributed by atoms with van der Waals surface area (Å²) < 4.78 is 4.44. The van der Waals surface area contributed by atoms with Crippen molar-refractivity contribution in [3.05, 3.63) is 24.3 Å². The number of ether oxygens (including phenoxy) is 1. The van der Waals surface area contributed by atoms with E-state index >= 15 is 0 Å². The second kappa shape index (κ2) is 6.17. The Bertz CT molecular complexity index is 239. The molecule has 0 atom stereocenters. The van der Waals surface area contributed by atoms with Gasteiger partial charge in [0.25, 0.3) is 0 Å². The molecule has 0 spiro atoms. The van der Waals surface area contributed by atoms with Crippen LogP contribution in [0.15, 0.2) is 24.3 Å². The maximum absolute atomic E-state index is 11.0. The quantitative estimate of drug-likeness (QED) is 0.379. The smallest absolute Gasteiger partial charge is 0.341 e. The van der Waals surface area contributed by atoms with Gasteiger partial charge in [0.1, 0.15) is 0 Å². The van der Waals surface area contributed by atoms with Gasteiger partial charge < -0.3 is 4.74 Å². The highest BCUT2D eigenvalue weighted by molar-refractivity contribution is 5.99. The summed E-state index contributed by atoms with van der Waals surface area (Å²) in [6, 6.07) is 0. The molecule has 72 valence electrons. The van der Waals surface area contributed by atoms with E-state index in [2.05, 4.69) is 11.3 Å². The Morgan fingerprint density at radius 2 is 2.08 bits per heavy atom. The van der Waals surface area contributed by atoms with Crippen molar-refractivity contribution in [1.82, 2.24) is 0 Å². The standard InChI is InChI=1S/C10H14O3/c1-4-6-8(3)10(12)13-9(11)7-5-2/h5,7H,3-4,6H2,1-2H3. The normalized spacial score (nSPS) is 10.0. The first-order valence-corrected chi connectivity index (χ1v) is 4.18. The summed E-state index contributed by atoms with van der Waals surface area (Å²) in [5.74, 6) is -1.28. The van der Waals surface area contributed by atoms with Crippen LogP contribution in [0.3, 0.4) is 0 Å². The van der Waals surface area contributed by atoms with Crippen LogP contribution in [-0.4, -0.2) is 11.9 Å². The molecule has 0 aromatic carbocycles. The minimum absolute atomic E-state index is 0.334. The van der Waals surface area contributed by atoms with Crippen LogP contribution < -0.4 is 0 Å². The molecule has 0 aliphatic rings. The van der Waals surface area contributed by atoms with Crippen molar-refractivity contribution in [1.29, 1.82) is 0 Å². The molecule has 0 aliphatic carbocycles. The molecule has 0 saturated carbocycles. The minimum atomic E-state index is -0.648. The zero-order chi connectivity index (χ0) is 10.3. The molecule has 0 fully saturated rings. The lowest BCUT2D eigenvalue weighted by atomic mass is 10.2. The molecule has 0 radical (unpaired) electrons. The number of esters is 2. The van der Waals surface area contributed by atoms with Gasteiger partial charge in [-0.15, -0.1) is 0 Å². The summed E-state index contributed by atoms with van der Waals surface area (Å²) in [4.78, 5) is 21.8. The summed E-state index contributed by atoms with van der Waals surface area (Å²) in [6.45, 7) is 7.10. The second-order valence-electron chi connectivity index (χ2n) is 2.56. The number of allylic oxidation sites excluding steroid dienone is 1. The fraction of sp³-hybridized carbons (Fsp3) is 0.400. The van der Waals surface area contributed by atoms with Crippen molar-refractivity contribution < 1.29 is 14.3 Å². The third-order valence-corrected chi connectivity index (χ3v) is 1.34. The largest absolute Gasteiger partial charge is 0.386 e. The zero-order valence-electron chi connectivity index (χ0n) is 8.00. The van der Waals surface area contributed by atoms with Crippen molar-refractivity contribution in [2.45, 2.75) is 26.7 Å². The van der Waals surface area contributed by atoms with E-state index in [4.69, 9.17) is 0 Å². The lowest BCUT2D eigenvalue weighted by Gasteiger charge is -2.01. The van der Waals surface area contributed by atoms with Gasteiger partial charge in [0.05, 0.1) is 0 Å². The molecule has 0 N–H and O–H groups in total. The van der Waals surface area contributed by atoms with Crippen LogP contribution in [0.4, 0.5) is 0 Å². The molecule has 0 aromatic heterocycles. The van der Waals surface area contributed by atoms with Crippen molar-refractivity contribution in [3.8, 4) is 0 Å². The van der Waals surface area contributed by atoms with Crippen LogP contribution in [0.2, 0.25) is 0 Å². The van der Waals surface area contributed by atoms with Gasteiger partial charge >= 0.3 is 11.9 Å². The molecule has 0 bridgehead atoms. The summed E-state index contributed by atoms with van der Waals surface area (Å²) >= 11 is 0. The summed E-state index contributed by atoms with van der Waals surface area (Å²) in [5.41, 5.74) is 0.334. The van der Waals surface area contributed by atoms with E-state index in [1.807, 2.05) is 6.92 Å². The monoisotopic (exact) mass is 182 g/mol. The van der Waals surface area contributed by atoms with E-state index in [-0.39, 0.29) is 0 Å². The Kier molecular flexibility index (Phi) is 5.52. The average molecular weight is 182 g/mol. The molecule has 0 heterocycles. The first kappa shape index (κ1) is 11.6. The van der Waals surface area contributed by atoms with Gasteiger partial charge in [-0.25, -0.2) is 9.59 Å².